The highest BCUT2D eigenvalue weighted by atomic mass is 15.3. The van der Waals surface area contributed by atoms with E-state index in [2.05, 4.69) is 20.4 Å². The highest BCUT2D eigenvalue weighted by Gasteiger charge is 2.21. The predicted molar refractivity (Wildman–Crippen MR) is 60.3 cm³/mol. The van der Waals surface area contributed by atoms with Crippen LogP contribution in [-0.4, -0.2) is 19.7 Å². The predicted octanol–water partition coefficient (Wildman–Crippen LogP) is 1.83. The molecule has 1 aliphatic rings. The van der Waals surface area contributed by atoms with Crippen LogP contribution in [0.1, 0.15) is 12.8 Å². The fourth-order valence-corrected chi connectivity index (χ4v) is 1.59. The third-order valence-corrected chi connectivity index (χ3v) is 2.60. The van der Waals surface area contributed by atoms with Gasteiger partial charge in [0.1, 0.15) is 0 Å². The zero-order valence-electron chi connectivity index (χ0n) is 8.87. The lowest BCUT2D eigenvalue weighted by Crippen LogP contribution is -1.99. The number of nitrogens with zero attached hydrogens (tertiary/aromatic N) is 4. The molecule has 0 amide bonds. The van der Waals surface area contributed by atoms with Gasteiger partial charge in [-0.15, -0.1) is 0 Å². The minimum Gasteiger partial charge on any atom is -0.321 e. The number of aromatic nitrogens is 4. The first kappa shape index (κ1) is 9.33. The first-order chi connectivity index (χ1) is 7.90. The molecule has 0 atom stereocenters. The van der Waals surface area contributed by atoms with Crippen molar-refractivity contribution in [3.63, 3.8) is 0 Å². The molecule has 0 bridgehead atoms. The lowest BCUT2D eigenvalue weighted by Gasteiger charge is -1.99. The molecule has 1 aliphatic carbocycles. The lowest BCUT2D eigenvalue weighted by molar-refractivity contribution is 0.563. The Bertz CT molecular complexity index is 460. The van der Waals surface area contributed by atoms with Crippen LogP contribution in [0.5, 0.6) is 0 Å². The van der Waals surface area contributed by atoms with Gasteiger partial charge in [0.05, 0.1) is 11.9 Å². The van der Waals surface area contributed by atoms with Crippen LogP contribution in [0.2, 0.25) is 0 Å². The fourth-order valence-electron chi connectivity index (χ4n) is 1.59. The van der Waals surface area contributed by atoms with Crippen LogP contribution < -0.4 is 5.32 Å². The maximum absolute atomic E-state index is 4.29. The molecule has 82 valence electrons. The molecule has 2 heterocycles. The van der Waals surface area contributed by atoms with Crippen LogP contribution in [0.3, 0.4) is 0 Å². The van der Waals surface area contributed by atoms with E-state index in [-0.39, 0.29) is 0 Å². The van der Waals surface area contributed by atoms with E-state index in [4.69, 9.17) is 0 Å². The van der Waals surface area contributed by atoms with Crippen molar-refractivity contribution in [2.75, 3.05) is 5.32 Å². The summed E-state index contributed by atoms with van der Waals surface area (Å²) in [7, 11) is 0. The average Bonchev–Trinajstić information content (AvgIpc) is 3.01. The van der Waals surface area contributed by atoms with Gasteiger partial charge in [-0.3, -0.25) is 4.68 Å². The molecule has 0 unspecified atom stereocenters. The molecule has 5 heteroatoms. The second-order valence-electron chi connectivity index (χ2n) is 4.09. The SMILES string of the molecule is c1cnc(Nc2cnn(CC3CC3)c2)nc1. The van der Waals surface area contributed by atoms with E-state index in [0.717, 1.165) is 18.2 Å². The van der Waals surface area contributed by atoms with Crippen LogP contribution in [0.25, 0.3) is 0 Å². The highest BCUT2D eigenvalue weighted by molar-refractivity contribution is 5.49. The molecule has 16 heavy (non-hydrogen) atoms. The van der Waals surface area contributed by atoms with E-state index in [0.29, 0.717) is 5.95 Å². The Hall–Kier alpha value is -1.91. The van der Waals surface area contributed by atoms with Gasteiger partial charge in [-0.25, -0.2) is 9.97 Å². The van der Waals surface area contributed by atoms with Crippen molar-refractivity contribution in [2.45, 2.75) is 19.4 Å². The van der Waals surface area contributed by atoms with E-state index in [9.17, 15) is 0 Å². The number of rotatable bonds is 4. The second kappa shape index (κ2) is 3.92. The van der Waals surface area contributed by atoms with Crippen LogP contribution in [0.15, 0.2) is 30.9 Å². The standard InChI is InChI=1S/C11H13N5/c1-4-12-11(13-5-1)15-10-6-14-16(8-10)7-9-2-3-9/h1,4-6,8-9H,2-3,7H2,(H,12,13,15). The van der Waals surface area contributed by atoms with E-state index in [1.165, 1.54) is 12.8 Å². The summed E-state index contributed by atoms with van der Waals surface area (Å²) in [6, 6.07) is 1.79. The molecular weight excluding hydrogens is 202 g/mol. The molecule has 0 saturated heterocycles. The third-order valence-electron chi connectivity index (χ3n) is 2.60. The van der Waals surface area contributed by atoms with Crippen LogP contribution in [0.4, 0.5) is 11.6 Å². The second-order valence-corrected chi connectivity index (χ2v) is 4.09. The van der Waals surface area contributed by atoms with Crippen molar-refractivity contribution < 1.29 is 0 Å². The first-order valence-electron chi connectivity index (χ1n) is 5.46. The molecular formula is C11H13N5. The fraction of sp³-hybridized carbons (Fsp3) is 0.364. The van der Waals surface area contributed by atoms with Crippen LogP contribution in [0, 0.1) is 5.92 Å². The largest absolute Gasteiger partial charge is 0.321 e. The van der Waals surface area contributed by atoms with Gasteiger partial charge in [0.25, 0.3) is 0 Å². The van der Waals surface area contributed by atoms with Crippen LogP contribution in [-0.2, 0) is 6.54 Å². The van der Waals surface area contributed by atoms with Crippen molar-refractivity contribution in [1.29, 1.82) is 0 Å². The maximum atomic E-state index is 4.29. The van der Waals surface area contributed by atoms with Crippen molar-refractivity contribution in [3.05, 3.63) is 30.9 Å². The minimum atomic E-state index is 0.605. The Morgan fingerprint density at radius 1 is 1.31 bits per heavy atom. The highest BCUT2D eigenvalue weighted by Crippen LogP contribution is 2.30. The molecule has 0 aliphatic heterocycles. The average molecular weight is 215 g/mol. The molecule has 2 aromatic heterocycles. The van der Waals surface area contributed by atoms with Gasteiger partial charge < -0.3 is 5.32 Å². The zero-order chi connectivity index (χ0) is 10.8. The third kappa shape index (κ3) is 2.18. The topological polar surface area (TPSA) is 55.6 Å². The minimum absolute atomic E-state index is 0.605. The Morgan fingerprint density at radius 2 is 2.12 bits per heavy atom. The Kier molecular flexibility index (Phi) is 2.29. The molecule has 0 spiro atoms. The Balaban J connectivity index is 1.67. The normalized spacial score (nSPS) is 15.0. The molecule has 0 radical (unpaired) electrons. The molecule has 0 aromatic carbocycles. The van der Waals surface area contributed by atoms with E-state index in [1.807, 2.05) is 10.9 Å². The maximum Gasteiger partial charge on any atom is 0.227 e. The monoisotopic (exact) mass is 215 g/mol. The van der Waals surface area contributed by atoms with Gasteiger partial charge >= 0.3 is 0 Å². The van der Waals surface area contributed by atoms with Crippen molar-refractivity contribution >= 4 is 11.6 Å². The lowest BCUT2D eigenvalue weighted by atomic mass is 10.4. The van der Waals surface area contributed by atoms with Gasteiger partial charge in [0, 0.05) is 25.1 Å². The molecule has 1 N–H and O–H groups in total. The summed E-state index contributed by atoms with van der Waals surface area (Å²) in [6.07, 6.45) is 9.90. The number of anilines is 2. The van der Waals surface area contributed by atoms with E-state index in [1.54, 1.807) is 24.7 Å². The van der Waals surface area contributed by atoms with E-state index < -0.39 is 0 Å². The molecule has 2 aromatic rings. The zero-order valence-corrected chi connectivity index (χ0v) is 8.87. The van der Waals surface area contributed by atoms with Crippen molar-refractivity contribution in [2.24, 2.45) is 5.92 Å². The quantitative estimate of drug-likeness (QED) is 0.845. The van der Waals surface area contributed by atoms with Gasteiger partial charge in [-0.2, -0.15) is 5.10 Å². The molecule has 5 nitrogen and oxygen atoms in total. The van der Waals surface area contributed by atoms with Gasteiger partial charge in [-0.1, -0.05) is 0 Å². The number of hydrogen-bond acceptors (Lipinski definition) is 4. The summed E-state index contributed by atoms with van der Waals surface area (Å²) in [5.41, 5.74) is 0.937. The summed E-state index contributed by atoms with van der Waals surface area (Å²) in [4.78, 5) is 8.19. The first-order valence-corrected chi connectivity index (χ1v) is 5.46. The van der Waals surface area contributed by atoms with Crippen molar-refractivity contribution in [3.8, 4) is 0 Å². The summed E-state index contributed by atoms with van der Waals surface area (Å²) >= 11 is 0. The smallest absolute Gasteiger partial charge is 0.227 e. The number of hydrogen-bond donors (Lipinski definition) is 1. The summed E-state index contributed by atoms with van der Waals surface area (Å²) < 4.78 is 1.98. The van der Waals surface area contributed by atoms with E-state index >= 15 is 0 Å². The number of nitrogens with one attached hydrogen (secondary N) is 1. The molecule has 1 fully saturated rings. The van der Waals surface area contributed by atoms with Gasteiger partial charge in [0.2, 0.25) is 5.95 Å². The summed E-state index contributed by atoms with van der Waals surface area (Å²) in [5, 5.41) is 7.40. The molecule has 1 saturated carbocycles. The summed E-state index contributed by atoms with van der Waals surface area (Å²) in [6.45, 7) is 1.03. The molecule has 3 rings (SSSR count). The Morgan fingerprint density at radius 3 is 2.88 bits per heavy atom. The summed E-state index contributed by atoms with van der Waals surface area (Å²) in [5.74, 6) is 1.44. The van der Waals surface area contributed by atoms with Gasteiger partial charge in [-0.05, 0) is 24.8 Å². The van der Waals surface area contributed by atoms with Gasteiger partial charge in [0.15, 0.2) is 0 Å². The van der Waals surface area contributed by atoms with Crippen molar-refractivity contribution in [1.82, 2.24) is 19.7 Å². The van der Waals surface area contributed by atoms with Crippen LogP contribution >= 0.6 is 0 Å². The Labute approximate surface area is 93.5 Å².